The number of amides is 1. The molecule has 0 aromatic heterocycles. The van der Waals surface area contributed by atoms with E-state index in [4.69, 9.17) is 4.74 Å². The second-order valence-electron chi connectivity index (χ2n) is 3.38. The third kappa shape index (κ3) is 3.72. The average Bonchev–Trinajstić information content (AvgIpc) is 2.29. The van der Waals surface area contributed by atoms with Gasteiger partial charge in [0.05, 0.1) is 0 Å². The number of carbonyl (C=O) groups excluding carboxylic acids is 1. The molecular formula is C12H17NO2. The Bertz CT molecular complexity index is 298. The van der Waals surface area contributed by atoms with E-state index in [9.17, 15) is 4.79 Å². The summed E-state index contributed by atoms with van der Waals surface area (Å²) in [6, 6.07) is 9.64. The van der Waals surface area contributed by atoms with E-state index in [1.54, 1.807) is 19.1 Å². The number of carbonyl (C=O) groups is 1. The van der Waals surface area contributed by atoms with Gasteiger partial charge in [0.2, 0.25) is 5.91 Å². The molecule has 0 bridgehead atoms. The number of nitrogens with zero attached hydrogens (tertiary/aromatic N) is 1. The number of rotatable bonds is 5. The van der Waals surface area contributed by atoms with Crippen LogP contribution in [0.4, 0.5) is 5.69 Å². The summed E-state index contributed by atoms with van der Waals surface area (Å²) < 4.78 is 4.91. The zero-order chi connectivity index (χ0) is 11.1. The van der Waals surface area contributed by atoms with Gasteiger partial charge in [-0.3, -0.25) is 4.79 Å². The van der Waals surface area contributed by atoms with Gasteiger partial charge in [-0.15, -0.1) is 0 Å². The van der Waals surface area contributed by atoms with Gasteiger partial charge in [0.15, 0.2) is 0 Å². The minimum absolute atomic E-state index is 0.123. The standard InChI is InChI=1S/C12H17NO2/c1-13(11-7-4-3-5-8-11)12(14)9-6-10-15-2/h3-5,7-8H,6,9-10H2,1-2H3. The van der Waals surface area contributed by atoms with Crippen molar-refractivity contribution in [3.63, 3.8) is 0 Å². The van der Waals surface area contributed by atoms with E-state index in [0.717, 1.165) is 12.1 Å². The largest absolute Gasteiger partial charge is 0.385 e. The zero-order valence-corrected chi connectivity index (χ0v) is 9.27. The topological polar surface area (TPSA) is 29.5 Å². The number of hydrogen-bond acceptors (Lipinski definition) is 2. The van der Waals surface area contributed by atoms with Crippen LogP contribution in [0.2, 0.25) is 0 Å². The first-order chi connectivity index (χ1) is 7.25. The molecule has 0 unspecified atom stereocenters. The van der Waals surface area contributed by atoms with Crippen LogP contribution in [0.3, 0.4) is 0 Å². The number of benzene rings is 1. The SMILES string of the molecule is COCCCC(=O)N(C)c1ccccc1. The maximum absolute atomic E-state index is 11.7. The second-order valence-corrected chi connectivity index (χ2v) is 3.38. The molecule has 15 heavy (non-hydrogen) atoms. The van der Waals surface area contributed by atoms with Crippen LogP contribution in [-0.4, -0.2) is 26.7 Å². The minimum atomic E-state index is 0.123. The summed E-state index contributed by atoms with van der Waals surface area (Å²) in [5.74, 6) is 0.123. The van der Waals surface area contributed by atoms with Crippen LogP contribution in [0.1, 0.15) is 12.8 Å². The molecule has 0 atom stereocenters. The predicted octanol–water partition coefficient (Wildman–Crippen LogP) is 2.08. The first-order valence-corrected chi connectivity index (χ1v) is 5.06. The van der Waals surface area contributed by atoms with E-state index in [1.165, 1.54) is 0 Å². The van der Waals surface area contributed by atoms with E-state index in [0.29, 0.717) is 13.0 Å². The Morgan fingerprint density at radius 3 is 2.60 bits per heavy atom. The lowest BCUT2D eigenvalue weighted by Crippen LogP contribution is -2.26. The van der Waals surface area contributed by atoms with E-state index >= 15 is 0 Å². The Balaban J connectivity index is 2.46. The fourth-order valence-electron chi connectivity index (χ4n) is 1.33. The highest BCUT2D eigenvalue weighted by Crippen LogP contribution is 2.12. The highest BCUT2D eigenvalue weighted by molar-refractivity contribution is 5.92. The second kappa shape index (κ2) is 6.19. The lowest BCUT2D eigenvalue weighted by atomic mass is 10.2. The van der Waals surface area contributed by atoms with Gasteiger partial charge in [0.25, 0.3) is 0 Å². The molecule has 1 amide bonds. The molecule has 0 radical (unpaired) electrons. The van der Waals surface area contributed by atoms with Crippen molar-refractivity contribution in [1.82, 2.24) is 0 Å². The van der Waals surface area contributed by atoms with Gasteiger partial charge < -0.3 is 9.64 Å². The van der Waals surface area contributed by atoms with Crippen LogP contribution < -0.4 is 4.90 Å². The van der Waals surface area contributed by atoms with E-state index in [2.05, 4.69) is 0 Å². The van der Waals surface area contributed by atoms with Gasteiger partial charge in [-0.2, -0.15) is 0 Å². The van der Waals surface area contributed by atoms with Crippen LogP contribution >= 0.6 is 0 Å². The molecular weight excluding hydrogens is 190 g/mol. The normalized spacial score (nSPS) is 10.0. The highest BCUT2D eigenvalue weighted by Gasteiger charge is 2.09. The maximum atomic E-state index is 11.7. The number of methoxy groups -OCH3 is 1. The summed E-state index contributed by atoms with van der Waals surface area (Å²) in [4.78, 5) is 13.4. The van der Waals surface area contributed by atoms with Crippen molar-refractivity contribution in [3.8, 4) is 0 Å². The van der Waals surface area contributed by atoms with E-state index in [-0.39, 0.29) is 5.91 Å². The lowest BCUT2D eigenvalue weighted by molar-refractivity contribution is -0.118. The average molecular weight is 207 g/mol. The highest BCUT2D eigenvalue weighted by atomic mass is 16.5. The van der Waals surface area contributed by atoms with Crippen molar-refractivity contribution in [3.05, 3.63) is 30.3 Å². The van der Waals surface area contributed by atoms with E-state index in [1.807, 2.05) is 30.3 Å². The van der Waals surface area contributed by atoms with E-state index < -0.39 is 0 Å². The summed E-state index contributed by atoms with van der Waals surface area (Å²) >= 11 is 0. The Kier molecular flexibility index (Phi) is 4.84. The smallest absolute Gasteiger partial charge is 0.226 e. The molecule has 3 heteroatoms. The van der Waals surface area contributed by atoms with Gasteiger partial charge >= 0.3 is 0 Å². The van der Waals surface area contributed by atoms with Crippen molar-refractivity contribution in [2.75, 3.05) is 25.7 Å². The lowest BCUT2D eigenvalue weighted by Gasteiger charge is -2.16. The van der Waals surface area contributed by atoms with Gasteiger partial charge in [-0.25, -0.2) is 0 Å². The van der Waals surface area contributed by atoms with Crippen LogP contribution in [0, 0.1) is 0 Å². The molecule has 0 aliphatic rings. The molecule has 0 aliphatic heterocycles. The van der Waals surface area contributed by atoms with Gasteiger partial charge in [0, 0.05) is 32.9 Å². The van der Waals surface area contributed by atoms with Crippen LogP contribution in [-0.2, 0) is 9.53 Å². The maximum Gasteiger partial charge on any atom is 0.226 e. The fourth-order valence-corrected chi connectivity index (χ4v) is 1.33. The Hall–Kier alpha value is -1.35. The molecule has 1 rings (SSSR count). The molecule has 0 saturated carbocycles. The number of hydrogen-bond donors (Lipinski definition) is 0. The van der Waals surface area contributed by atoms with Crippen molar-refractivity contribution in [1.29, 1.82) is 0 Å². The van der Waals surface area contributed by atoms with Gasteiger partial charge in [-0.05, 0) is 18.6 Å². The first kappa shape index (κ1) is 11.7. The third-order valence-corrected chi connectivity index (χ3v) is 2.26. The number of anilines is 1. The monoisotopic (exact) mass is 207 g/mol. The van der Waals surface area contributed by atoms with Crippen LogP contribution in [0.5, 0.6) is 0 Å². The number of ether oxygens (including phenoxy) is 1. The summed E-state index contributed by atoms with van der Waals surface area (Å²) in [6.07, 6.45) is 1.30. The van der Waals surface area contributed by atoms with Crippen LogP contribution in [0.15, 0.2) is 30.3 Å². The molecule has 82 valence electrons. The molecule has 0 N–H and O–H groups in total. The molecule has 0 saturated heterocycles. The number of para-hydroxylation sites is 1. The Morgan fingerprint density at radius 1 is 1.33 bits per heavy atom. The summed E-state index contributed by atoms with van der Waals surface area (Å²) in [7, 11) is 3.44. The van der Waals surface area contributed by atoms with Crippen molar-refractivity contribution in [2.24, 2.45) is 0 Å². The molecule has 1 aromatic rings. The zero-order valence-electron chi connectivity index (χ0n) is 9.27. The molecule has 0 spiro atoms. The first-order valence-electron chi connectivity index (χ1n) is 5.06. The molecule has 0 heterocycles. The van der Waals surface area contributed by atoms with Crippen molar-refractivity contribution >= 4 is 11.6 Å². The molecule has 0 aliphatic carbocycles. The van der Waals surface area contributed by atoms with Gasteiger partial charge in [0.1, 0.15) is 0 Å². The summed E-state index contributed by atoms with van der Waals surface area (Å²) in [6.45, 7) is 0.633. The molecule has 3 nitrogen and oxygen atoms in total. The Morgan fingerprint density at radius 2 is 2.00 bits per heavy atom. The molecule has 1 aromatic carbocycles. The van der Waals surface area contributed by atoms with Crippen molar-refractivity contribution < 1.29 is 9.53 Å². The van der Waals surface area contributed by atoms with Crippen LogP contribution in [0.25, 0.3) is 0 Å². The van der Waals surface area contributed by atoms with Crippen molar-refractivity contribution in [2.45, 2.75) is 12.8 Å². The third-order valence-electron chi connectivity index (χ3n) is 2.26. The summed E-state index contributed by atoms with van der Waals surface area (Å²) in [5, 5.41) is 0. The van der Waals surface area contributed by atoms with Gasteiger partial charge in [-0.1, -0.05) is 18.2 Å². The predicted molar refractivity (Wildman–Crippen MR) is 61.0 cm³/mol. The molecule has 0 fully saturated rings. The summed E-state index contributed by atoms with van der Waals surface area (Å²) in [5.41, 5.74) is 0.930. The quantitative estimate of drug-likeness (QED) is 0.692. The Labute approximate surface area is 90.7 Å². The minimum Gasteiger partial charge on any atom is -0.385 e. The fraction of sp³-hybridized carbons (Fsp3) is 0.417.